The Labute approximate surface area is 145 Å². The third kappa shape index (κ3) is 2.70. The number of allylic oxidation sites excluding steroid dienone is 1. The van der Waals surface area contributed by atoms with Crippen LogP contribution in [0.3, 0.4) is 0 Å². The standard InChI is InChI=1S/C20H15N5/c1-24-19-10-6-5-9-18(19)23-20(24)16(12-21)11-15-13-22-25(14-15)17-7-3-2-4-8-17/h2-11,13-14H,1H3/b16-11+. The number of benzene rings is 2. The van der Waals surface area contributed by atoms with E-state index in [0.29, 0.717) is 11.4 Å². The van der Waals surface area contributed by atoms with Crippen molar-refractivity contribution in [1.29, 1.82) is 5.26 Å². The summed E-state index contributed by atoms with van der Waals surface area (Å²) in [5.74, 6) is 0.649. The molecule has 0 aliphatic rings. The van der Waals surface area contributed by atoms with Crippen LogP contribution in [0.15, 0.2) is 67.0 Å². The van der Waals surface area contributed by atoms with E-state index in [1.807, 2.05) is 78.5 Å². The fourth-order valence-corrected chi connectivity index (χ4v) is 2.83. The summed E-state index contributed by atoms with van der Waals surface area (Å²) in [4.78, 5) is 4.59. The second kappa shape index (κ2) is 6.10. The molecule has 120 valence electrons. The molecule has 2 aromatic heterocycles. The number of para-hydroxylation sites is 3. The van der Waals surface area contributed by atoms with Gasteiger partial charge in [-0.1, -0.05) is 30.3 Å². The summed E-state index contributed by atoms with van der Waals surface area (Å²) in [7, 11) is 1.92. The molecule has 5 nitrogen and oxygen atoms in total. The van der Waals surface area contributed by atoms with Crippen LogP contribution >= 0.6 is 0 Å². The molecule has 0 fully saturated rings. The second-order valence-corrected chi connectivity index (χ2v) is 5.71. The van der Waals surface area contributed by atoms with Gasteiger partial charge in [0.2, 0.25) is 0 Å². The molecule has 4 rings (SSSR count). The highest BCUT2D eigenvalue weighted by molar-refractivity contribution is 5.90. The topological polar surface area (TPSA) is 59.4 Å². The van der Waals surface area contributed by atoms with Crippen molar-refractivity contribution in [3.63, 3.8) is 0 Å². The first-order valence-corrected chi connectivity index (χ1v) is 7.90. The average molecular weight is 325 g/mol. The number of imidazole rings is 1. The quantitative estimate of drug-likeness (QED) is 0.538. The Morgan fingerprint density at radius 3 is 2.60 bits per heavy atom. The summed E-state index contributed by atoms with van der Waals surface area (Å²) in [6, 6.07) is 20.0. The maximum atomic E-state index is 9.62. The van der Waals surface area contributed by atoms with Gasteiger partial charge in [0.05, 0.1) is 28.5 Å². The van der Waals surface area contributed by atoms with E-state index >= 15 is 0 Å². The molecule has 4 aromatic rings. The molecule has 5 heteroatoms. The van der Waals surface area contributed by atoms with Crippen molar-refractivity contribution in [2.24, 2.45) is 7.05 Å². The molecule has 0 bridgehead atoms. The lowest BCUT2D eigenvalue weighted by molar-refractivity contribution is 0.880. The Morgan fingerprint density at radius 2 is 1.84 bits per heavy atom. The summed E-state index contributed by atoms with van der Waals surface area (Å²) in [6.07, 6.45) is 5.45. The number of nitriles is 1. The zero-order valence-electron chi connectivity index (χ0n) is 13.7. The molecule has 0 amide bonds. The lowest BCUT2D eigenvalue weighted by Gasteiger charge is -2.00. The first-order valence-electron chi connectivity index (χ1n) is 7.90. The first kappa shape index (κ1) is 14.9. The van der Waals surface area contributed by atoms with E-state index in [0.717, 1.165) is 22.3 Å². The Balaban J connectivity index is 1.75. The van der Waals surface area contributed by atoms with E-state index in [2.05, 4.69) is 16.2 Å². The van der Waals surface area contributed by atoms with Crippen molar-refractivity contribution in [2.45, 2.75) is 0 Å². The SMILES string of the molecule is Cn1c(/C(C#N)=C/c2cnn(-c3ccccc3)c2)nc2ccccc21. The highest BCUT2D eigenvalue weighted by atomic mass is 15.3. The van der Waals surface area contributed by atoms with Crippen molar-refractivity contribution in [3.8, 4) is 11.8 Å². The smallest absolute Gasteiger partial charge is 0.151 e. The lowest BCUT2D eigenvalue weighted by Crippen LogP contribution is -1.96. The number of hydrogen-bond donors (Lipinski definition) is 0. The largest absolute Gasteiger partial charge is 0.327 e. The van der Waals surface area contributed by atoms with Gasteiger partial charge in [-0.3, -0.25) is 0 Å². The number of fused-ring (bicyclic) bond motifs is 1. The van der Waals surface area contributed by atoms with E-state index in [4.69, 9.17) is 0 Å². The molecule has 0 saturated heterocycles. The van der Waals surface area contributed by atoms with E-state index in [1.165, 1.54) is 0 Å². The van der Waals surface area contributed by atoms with Gasteiger partial charge in [0.1, 0.15) is 6.07 Å². The van der Waals surface area contributed by atoms with Crippen LogP contribution in [-0.4, -0.2) is 19.3 Å². The zero-order chi connectivity index (χ0) is 17.2. The molecule has 2 heterocycles. The third-order valence-corrected chi connectivity index (χ3v) is 4.08. The number of nitrogens with zero attached hydrogens (tertiary/aromatic N) is 5. The molecule has 0 N–H and O–H groups in total. The Kier molecular flexibility index (Phi) is 3.64. The van der Waals surface area contributed by atoms with Gasteiger partial charge in [-0.05, 0) is 30.3 Å². The van der Waals surface area contributed by atoms with E-state index < -0.39 is 0 Å². The molecular formula is C20H15N5. The molecule has 0 radical (unpaired) electrons. The minimum Gasteiger partial charge on any atom is -0.327 e. The summed E-state index contributed by atoms with van der Waals surface area (Å²) < 4.78 is 3.72. The van der Waals surface area contributed by atoms with Crippen LogP contribution < -0.4 is 0 Å². The molecule has 0 spiro atoms. The fraction of sp³-hybridized carbons (Fsp3) is 0.0500. The molecule has 0 atom stereocenters. The Morgan fingerprint density at radius 1 is 1.08 bits per heavy atom. The third-order valence-electron chi connectivity index (χ3n) is 4.08. The highest BCUT2D eigenvalue weighted by Crippen LogP contribution is 2.22. The maximum absolute atomic E-state index is 9.62. The molecule has 25 heavy (non-hydrogen) atoms. The van der Waals surface area contributed by atoms with Crippen molar-refractivity contribution in [1.82, 2.24) is 19.3 Å². The molecule has 0 aliphatic heterocycles. The number of aromatic nitrogens is 4. The van der Waals surface area contributed by atoms with Gasteiger partial charge in [-0.25, -0.2) is 9.67 Å². The van der Waals surface area contributed by atoms with Crippen LogP contribution in [0.25, 0.3) is 28.4 Å². The molecule has 0 saturated carbocycles. The summed E-state index contributed by atoms with van der Waals surface area (Å²) in [5.41, 5.74) is 4.21. The maximum Gasteiger partial charge on any atom is 0.151 e. The predicted molar refractivity (Wildman–Crippen MR) is 97.8 cm³/mol. The second-order valence-electron chi connectivity index (χ2n) is 5.71. The van der Waals surface area contributed by atoms with Crippen molar-refractivity contribution in [2.75, 3.05) is 0 Å². The minimum atomic E-state index is 0.506. The predicted octanol–water partition coefficient (Wildman–Crippen LogP) is 3.82. The summed E-state index contributed by atoms with van der Waals surface area (Å²) in [6.45, 7) is 0. The fourth-order valence-electron chi connectivity index (χ4n) is 2.83. The van der Waals surface area contributed by atoms with Crippen LogP contribution in [-0.2, 0) is 7.05 Å². The lowest BCUT2D eigenvalue weighted by atomic mass is 10.2. The Bertz CT molecular complexity index is 1110. The normalized spacial score (nSPS) is 11.6. The van der Waals surface area contributed by atoms with Crippen molar-refractivity contribution in [3.05, 3.63) is 78.4 Å². The number of aryl methyl sites for hydroxylation is 1. The van der Waals surface area contributed by atoms with E-state index in [-0.39, 0.29) is 0 Å². The molecule has 0 unspecified atom stereocenters. The van der Waals surface area contributed by atoms with Gasteiger partial charge in [0.15, 0.2) is 5.82 Å². The van der Waals surface area contributed by atoms with Crippen LogP contribution in [0.2, 0.25) is 0 Å². The zero-order valence-corrected chi connectivity index (χ0v) is 13.7. The summed E-state index contributed by atoms with van der Waals surface area (Å²) in [5, 5.41) is 14.0. The van der Waals surface area contributed by atoms with Gasteiger partial charge >= 0.3 is 0 Å². The van der Waals surface area contributed by atoms with Gasteiger partial charge in [-0.2, -0.15) is 10.4 Å². The molecule has 2 aromatic carbocycles. The Hall–Kier alpha value is -3.65. The minimum absolute atomic E-state index is 0.506. The first-order chi connectivity index (χ1) is 12.3. The average Bonchev–Trinajstić information content (AvgIpc) is 3.26. The molecular weight excluding hydrogens is 310 g/mol. The van der Waals surface area contributed by atoms with E-state index in [1.54, 1.807) is 10.9 Å². The highest BCUT2D eigenvalue weighted by Gasteiger charge is 2.12. The van der Waals surface area contributed by atoms with Gasteiger partial charge < -0.3 is 4.57 Å². The van der Waals surface area contributed by atoms with Crippen LogP contribution in [0.5, 0.6) is 0 Å². The van der Waals surface area contributed by atoms with Gasteiger partial charge in [-0.15, -0.1) is 0 Å². The summed E-state index contributed by atoms with van der Waals surface area (Å²) >= 11 is 0. The van der Waals surface area contributed by atoms with Crippen LogP contribution in [0, 0.1) is 11.3 Å². The number of rotatable bonds is 3. The van der Waals surface area contributed by atoms with Gasteiger partial charge in [0, 0.05) is 18.8 Å². The number of hydrogen-bond acceptors (Lipinski definition) is 3. The van der Waals surface area contributed by atoms with Crippen molar-refractivity contribution < 1.29 is 0 Å². The van der Waals surface area contributed by atoms with Crippen LogP contribution in [0.4, 0.5) is 0 Å². The van der Waals surface area contributed by atoms with Gasteiger partial charge in [0.25, 0.3) is 0 Å². The molecule has 0 aliphatic carbocycles. The van der Waals surface area contributed by atoms with E-state index in [9.17, 15) is 5.26 Å². The van der Waals surface area contributed by atoms with Crippen LogP contribution in [0.1, 0.15) is 11.4 Å². The van der Waals surface area contributed by atoms with Crippen molar-refractivity contribution >= 4 is 22.7 Å². The monoisotopic (exact) mass is 325 g/mol.